The van der Waals surface area contributed by atoms with Gasteiger partial charge in [-0.25, -0.2) is 9.59 Å². The van der Waals surface area contributed by atoms with Crippen molar-refractivity contribution >= 4 is 12.1 Å². The fourth-order valence-corrected chi connectivity index (χ4v) is 1.89. The summed E-state index contributed by atoms with van der Waals surface area (Å²) in [4.78, 5) is 23.7. The third kappa shape index (κ3) is 5.31. The van der Waals surface area contributed by atoms with Crippen molar-refractivity contribution in [1.82, 2.24) is 15.5 Å². The van der Waals surface area contributed by atoms with Gasteiger partial charge in [0, 0.05) is 33.4 Å². The fraction of sp³-hybridized carbons (Fsp3) is 0.818. The van der Waals surface area contributed by atoms with Gasteiger partial charge in [0.1, 0.15) is 0 Å². The molecule has 0 saturated carbocycles. The molecule has 0 bridgehead atoms. The van der Waals surface area contributed by atoms with Gasteiger partial charge < -0.3 is 30.1 Å². The molecule has 8 heteroatoms. The van der Waals surface area contributed by atoms with Gasteiger partial charge in [-0.3, -0.25) is 0 Å². The van der Waals surface area contributed by atoms with Crippen molar-refractivity contribution in [3.8, 4) is 0 Å². The van der Waals surface area contributed by atoms with Crippen molar-refractivity contribution in [2.45, 2.75) is 25.2 Å². The molecule has 0 unspecified atom stereocenters. The van der Waals surface area contributed by atoms with Crippen LogP contribution in [0.1, 0.15) is 12.8 Å². The maximum Gasteiger partial charge on any atom is 0.407 e. The van der Waals surface area contributed by atoms with Crippen LogP contribution in [-0.2, 0) is 9.47 Å². The Hall–Kier alpha value is -1.54. The van der Waals surface area contributed by atoms with Gasteiger partial charge in [0.2, 0.25) is 0 Å². The van der Waals surface area contributed by atoms with E-state index >= 15 is 0 Å². The van der Waals surface area contributed by atoms with Crippen LogP contribution in [0.4, 0.5) is 9.59 Å². The van der Waals surface area contributed by atoms with Crippen LogP contribution in [0.5, 0.6) is 0 Å². The van der Waals surface area contributed by atoms with Gasteiger partial charge in [-0.2, -0.15) is 0 Å². The highest BCUT2D eigenvalue weighted by Crippen LogP contribution is 2.10. The molecule has 0 radical (unpaired) electrons. The first-order chi connectivity index (χ1) is 9.06. The van der Waals surface area contributed by atoms with Crippen molar-refractivity contribution in [2.75, 3.05) is 33.9 Å². The summed E-state index contributed by atoms with van der Waals surface area (Å²) in [5.41, 5.74) is 0. The Balaban J connectivity index is 2.21. The van der Waals surface area contributed by atoms with Crippen LogP contribution >= 0.6 is 0 Å². The first-order valence-electron chi connectivity index (χ1n) is 6.14. The topological polar surface area (TPSA) is 100 Å². The van der Waals surface area contributed by atoms with E-state index in [4.69, 9.17) is 14.6 Å². The van der Waals surface area contributed by atoms with Gasteiger partial charge in [0.25, 0.3) is 0 Å². The van der Waals surface area contributed by atoms with E-state index in [-0.39, 0.29) is 18.6 Å². The summed E-state index contributed by atoms with van der Waals surface area (Å²) in [6.45, 7) is 1.14. The molecule has 1 aliphatic heterocycles. The van der Waals surface area contributed by atoms with Crippen LogP contribution in [0.3, 0.4) is 0 Å². The number of methoxy groups -OCH3 is 2. The van der Waals surface area contributed by atoms with Crippen molar-refractivity contribution in [2.24, 2.45) is 0 Å². The number of amides is 3. The lowest BCUT2D eigenvalue weighted by Gasteiger charge is -2.30. The first kappa shape index (κ1) is 15.5. The average molecular weight is 275 g/mol. The second-order valence-corrected chi connectivity index (χ2v) is 4.30. The van der Waals surface area contributed by atoms with Crippen LogP contribution in [0.25, 0.3) is 0 Å². The Bertz CT molecular complexity index is 301. The zero-order valence-electron chi connectivity index (χ0n) is 11.2. The van der Waals surface area contributed by atoms with Crippen molar-refractivity contribution in [3.63, 3.8) is 0 Å². The summed E-state index contributed by atoms with van der Waals surface area (Å²) >= 11 is 0. The predicted molar refractivity (Wildman–Crippen MR) is 67.0 cm³/mol. The molecule has 1 aliphatic rings. The lowest BCUT2D eigenvalue weighted by atomic mass is 10.1. The minimum Gasteiger partial charge on any atom is -0.465 e. The maximum atomic E-state index is 11.6. The lowest BCUT2D eigenvalue weighted by molar-refractivity contribution is -0.0972. The minimum absolute atomic E-state index is 0.000796. The van der Waals surface area contributed by atoms with Crippen LogP contribution in [0, 0.1) is 0 Å². The quantitative estimate of drug-likeness (QED) is 0.615. The average Bonchev–Trinajstić information content (AvgIpc) is 2.40. The Morgan fingerprint density at radius 2 is 1.89 bits per heavy atom. The molecule has 3 N–H and O–H groups in total. The first-order valence-corrected chi connectivity index (χ1v) is 6.14. The van der Waals surface area contributed by atoms with Gasteiger partial charge in [-0.15, -0.1) is 0 Å². The predicted octanol–water partition coefficient (Wildman–Crippen LogP) is 0.0469. The molecule has 1 saturated heterocycles. The third-order valence-corrected chi connectivity index (χ3v) is 3.06. The second kappa shape index (κ2) is 7.80. The number of nitrogens with one attached hydrogen (secondary N) is 2. The Kier molecular flexibility index (Phi) is 6.37. The normalized spacial score (nSPS) is 16.5. The van der Waals surface area contributed by atoms with E-state index in [0.717, 1.165) is 0 Å². The lowest BCUT2D eigenvalue weighted by Crippen LogP contribution is -2.50. The molecule has 110 valence electrons. The molecule has 3 amide bonds. The van der Waals surface area contributed by atoms with E-state index in [1.54, 1.807) is 0 Å². The number of urea groups is 1. The molecule has 0 aromatic rings. The molecule has 0 aromatic heterocycles. The van der Waals surface area contributed by atoms with E-state index in [9.17, 15) is 9.59 Å². The number of piperidine rings is 1. The van der Waals surface area contributed by atoms with Gasteiger partial charge in [-0.05, 0) is 12.8 Å². The fourth-order valence-electron chi connectivity index (χ4n) is 1.89. The number of carbonyl (C=O) groups excluding carboxylic acids is 1. The molecule has 1 rings (SSSR count). The third-order valence-electron chi connectivity index (χ3n) is 3.06. The van der Waals surface area contributed by atoms with Crippen LogP contribution < -0.4 is 10.6 Å². The smallest absolute Gasteiger partial charge is 0.407 e. The zero-order valence-corrected chi connectivity index (χ0v) is 11.2. The van der Waals surface area contributed by atoms with E-state index in [1.807, 2.05) is 0 Å². The SMILES string of the molecule is COC(CNC(=O)NC1CCN(C(=O)O)CC1)OC. The van der Waals surface area contributed by atoms with Gasteiger partial charge in [0.05, 0.1) is 6.54 Å². The Morgan fingerprint density at radius 1 is 1.32 bits per heavy atom. The van der Waals surface area contributed by atoms with Crippen molar-refractivity contribution < 1.29 is 24.2 Å². The maximum absolute atomic E-state index is 11.6. The number of carboxylic acid groups (broad SMARTS) is 1. The minimum atomic E-state index is -0.911. The number of carbonyl (C=O) groups is 2. The standard InChI is InChI=1S/C11H21N3O5/c1-18-9(19-2)7-12-10(15)13-8-3-5-14(6-4-8)11(16)17/h8-9H,3-7H2,1-2H3,(H,16,17)(H2,12,13,15). The number of hydrogen-bond acceptors (Lipinski definition) is 4. The number of ether oxygens (including phenoxy) is 2. The van der Waals surface area contributed by atoms with Crippen LogP contribution in [0.2, 0.25) is 0 Å². The van der Waals surface area contributed by atoms with Gasteiger partial charge in [-0.1, -0.05) is 0 Å². The van der Waals surface area contributed by atoms with E-state index in [2.05, 4.69) is 10.6 Å². The molecule has 0 aromatic carbocycles. The zero-order chi connectivity index (χ0) is 14.3. The van der Waals surface area contributed by atoms with E-state index in [1.165, 1.54) is 19.1 Å². The molecule has 0 atom stereocenters. The highest BCUT2D eigenvalue weighted by atomic mass is 16.7. The van der Waals surface area contributed by atoms with Crippen molar-refractivity contribution in [3.05, 3.63) is 0 Å². The monoisotopic (exact) mass is 275 g/mol. The van der Waals surface area contributed by atoms with Gasteiger partial charge in [0.15, 0.2) is 6.29 Å². The molecular formula is C11H21N3O5. The van der Waals surface area contributed by atoms with E-state index in [0.29, 0.717) is 25.9 Å². The summed E-state index contributed by atoms with van der Waals surface area (Å²) in [5.74, 6) is 0. The number of likely N-dealkylation sites (tertiary alicyclic amines) is 1. The summed E-state index contributed by atoms with van der Waals surface area (Å²) in [5, 5.41) is 14.2. The molecule has 8 nitrogen and oxygen atoms in total. The molecular weight excluding hydrogens is 254 g/mol. The van der Waals surface area contributed by atoms with Crippen LogP contribution in [-0.4, -0.2) is 68.3 Å². The second-order valence-electron chi connectivity index (χ2n) is 4.30. The molecule has 19 heavy (non-hydrogen) atoms. The Morgan fingerprint density at radius 3 is 2.37 bits per heavy atom. The number of rotatable bonds is 5. The molecule has 1 fully saturated rings. The van der Waals surface area contributed by atoms with E-state index < -0.39 is 12.4 Å². The molecule has 0 spiro atoms. The summed E-state index contributed by atoms with van der Waals surface area (Å²) in [7, 11) is 2.99. The highest BCUT2D eigenvalue weighted by Gasteiger charge is 2.23. The number of hydrogen-bond donors (Lipinski definition) is 3. The Labute approximate surface area is 112 Å². The summed E-state index contributed by atoms with van der Waals surface area (Å²) < 4.78 is 9.89. The van der Waals surface area contributed by atoms with Crippen LogP contribution in [0.15, 0.2) is 0 Å². The highest BCUT2D eigenvalue weighted by molar-refractivity contribution is 5.74. The summed E-state index contributed by atoms with van der Waals surface area (Å²) in [6, 6.07) is -0.299. The van der Waals surface area contributed by atoms with Gasteiger partial charge >= 0.3 is 12.1 Å². The number of nitrogens with zero attached hydrogens (tertiary/aromatic N) is 1. The molecule has 1 heterocycles. The van der Waals surface area contributed by atoms with Crippen molar-refractivity contribution in [1.29, 1.82) is 0 Å². The molecule has 0 aliphatic carbocycles. The summed E-state index contributed by atoms with van der Waals surface area (Å²) in [6.07, 6.45) is -0.138. The largest absolute Gasteiger partial charge is 0.465 e.